The second-order valence-electron chi connectivity index (χ2n) is 4.76. The standard InChI is InChI=1S/C18H12N4O/c19-9-10-23-17-8-4-1-5-13(17)11-14(12-20)18-21-15-6-2-3-7-16(15)22-18/h1-8,11H,10H2,(H,21,22). The number of hydrogen-bond donors (Lipinski definition) is 1. The lowest BCUT2D eigenvalue weighted by molar-refractivity contribution is 0.367. The second kappa shape index (κ2) is 6.46. The topological polar surface area (TPSA) is 85.5 Å². The Bertz CT molecular complexity index is 924. The molecular weight excluding hydrogens is 288 g/mol. The minimum absolute atomic E-state index is 0.0443. The first kappa shape index (κ1) is 14.4. The molecule has 5 nitrogen and oxygen atoms in total. The number of allylic oxidation sites excluding steroid dienone is 1. The van der Waals surface area contributed by atoms with E-state index in [1.807, 2.05) is 48.5 Å². The Kier molecular flexibility index (Phi) is 4.04. The van der Waals surface area contributed by atoms with Gasteiger partial charge in [0, 0.05) is 5.56 Å². The zero-order valence-corrected chi connectivity index (χ0v) is 12.2. The van der Waals surface area contributed by atoms with Gasteiger partial charge in [0.15, 0.2) is 6.61 Å². The molecule has 0 radical (unpaired) electrons. The summed E-state index contributed by atoms with van der Waals surface area (Å²) in [5, 5.41) is 18.1. The Balaban J connectivity index is 2.03. The molecule has 2 aromatic carbocycles. The molecule has 1 aromatic heterocycles. The molecule has 0 saturated carbocycles. The van der Waals surface area contributed by atoms with E-state index in [1.165, 1.54) is 0 Å². The summed E-state index contributed by atoms with van der Waals surface area (Å²) >= 11 is 0. The van der Waals surface area contributed by atoms with Crippen LogP contribution >= 0.6 is 0 Å². The van der Waals surface area contributed by atoms with Crippen LogP contribution in [0.25, 0.3) is 22.7 Å². The highest BCUT2D eigenvalue weighted by Crippen LogP contribution is 2.24. The van der Waals surface area contributed by atoms with Crippen molar-refractivity contribution >= 4 is 22.7 Å². The van der Waals surface area contributed by atoms with Crippen LogP contribution in [-0.4, -0.2) is 16.6 Å². The highest BCUT2D eigenvalue weighted by molar-refractivity contribution is 5.91. The first-order valence-electron chi connectivity index (χ1n) is 6.97. The van der Waals surface area contributed by atoms with Gasteiger partial charge in [-0.15, -0.1) is 0 Å². The maximum atomic E-state index is 9.46. The smallest absolute Gasteiger partial charge is 0.174 e. The third-order valence-electron chi connectivity index (χ3n) is 3.28. The van der Waals surface area contributed by atoms with Crippen LogP contribution in [0.15, 0.2) is 48.5 Å². The molecule has 1 N–H and O–H groups in total. The SMILES string of the molecule is N#CCOc1ccccc1C=C(C#N)c1nc2ccccc2[nH]1. The van der Waals surface area contributed by atoms with Crippen LogP contribution in [-0.2, 0) is 0 Å². The minimum Gasteiger partial charge on any atom is -0.478 e. The number of rotatable bonds is 4. The van der Waals surface area contributed by atoms with E-state index in [0.29, 0.717) is 17.1 Å². The number of aromatic nitrogens is 2. The maximum absolute atomic E-state index is 9.46. The number of nitriles is 2. The summed E-state index contributed by atoms with van der Waals surface area (Å²) in [6, 6.07) is 18.9. The van der Waals surface area contributed by atoms with Gasteiger partial charge in [-0.3, -0.25) is 0 Å². The van der Waals surface area contributed by atoms with Crippen molar-refractivity contribution in [3.63, 3.8) is 0 Å². The predicted octanol–water partition coefficient (Wildman–Crippen LogP) is 3.53. The average molecular weight is 300 g/mol. The quantitative estimate of drug-likeness (QED) is 0.747. The molecule has 5 heteroatoms. The fourth-order valence-electron chi connectivity index (χ4n) is 2.23. The zero-order chi connectivity index (χ0) is 16.1. The van der Waals surface area contributed by atoms with Crippen LogP contribution in [0.5, 0.6) is 5.75 Å². The van der Waals surface area contributed by atoms with Gasteiger partial charge < -0.3 is 9.72 Å². The van der Waals surface area contributed by atoms with Gasteiger partial charge in [0.05, 0.1) is 16.6 Å². The van der Waals surface area contributed by atoms with Gasteiger partial charge >= 0.3 is 0 Å². The van der Waals surface area contributed by atoms with Crippen LogP contribution in [0.1, 0.15) is 11.4 Å². The van der Waals surface area contributed by atoms with E-state index in [4.69, 9.17) is 10.00 Å². The summed E-state index contributed by atoms with van der Waals surface area (Å²) in [4.78, 5) is 7.57. The fourth-order valence-corrected chi connectivity index (χ4v) is 2.23. The predicted molar refractivity (Wildman–Crippen MR) is 87.1 cm³/mol. The summed E-state index contributed by atoms with van der Waals surface area (Å²) in [5.41, 5.74) is 2.80. The van der Waals surface area contributed by atoms with Crippen molar-refractivity contribution in [2.45, 2.75) is 0 Å². The Morgan fingerprint density at radius 1 is 1.13 bits per heavy atom. The van der Waals surface area contributed by atoms with E-state index < -0.39 is 0 Å². The first-order chi connectivity index (χ1) is 11.3. The second-order valence-corrected chi connectivity index (χ2v) is 4.76. The van der Waals surface area contributed by atoms with E-state index in [9.17, 15) is 5.26 Å². The van der Waals surface area contributed by atoms with E-state index in [1.54, 1.807) is 12.1 Å². The number of nitrogens with zero attached hydrogens (tertiary/aromatic N) is 3. The molecular formula is C18H12N4O. The number of hydrogen-bond acceptors (Lipinski definition) is 4. The van der Waals surface area contributed by atoms with Gasteiger partial charge in [-0.05, 0) is 24.3 Å². The van der Waals surface area contributed by atoms with Crippen molar-refractivity contribution in [3.8, 4) is 17.9 Å². The Labute approximate surface area is 133 Å². The van der Waals surface area contributed by atoms with E-state index in [0.717, 1.165) is 16.6 Å². The largest absolute Gasteiger partial charge is 0.478 e. The third-order valence-corrected chi connectivity index (χ3v) is 3.28. The molecule has 0 fully saturated rings. The molecule has 0 saturated heterocycles. The maximum Gasteiger partial charge on any atom is 0.174 e. The number of para-hydroxylation sites is 3. The number of aromatic amines is 1. The lowest BCUT2D eigenvalue weighted by Crippen LogP contribution is -1.95. The van der Waals surface area contributed by atoms with Crippen LogP contribution < -0.4 is 4.74 Å². The van der Waals surface area contributed by atoms with E-state index in [-0.39, 0.29) is 6.61 Å². The van der Waals surface area contributed by atoms with Crippen LogP contribution in [0.4, 0.5) is 0 Å². The number of ether oxygens (including phenoxy) is 1. The monoisotopic (exact) mass is 300 g/mol. The lowest BCUT2D eigenvalue weighted by Gasteiger charge is -2.05. The van der Waals surface area contributed by atoms with Crippen molar-refractivity contribution < 1.29 is 4.74 Å². The summed E-state index contributed by atoms with van der Waals surface area (Å²) in [7, 11) is 0. The molecule has 0 atom stereocenters. The minimum atomic E-state index is -0.0443. The molecule has 1 heterocycles. The third kappa shape index (κ3) is 3.04. The molecule has 3 rings (SSSR count). The Morgan fingerprint density at radius 2 is 1.91 bits per heavy atom. The Morgan fingerprint density at radius 3 is 2.70 bits per heavy atom. The summed E-state index contributed by atoms with van der Waals surface area (Å²) in [6.07, 6.45) is 1.70. The number of benzene rings is 2. The van der Waals surface area contributed by atoms with Crippen molar-refractivity contribution in [1.82, 2.24) is 9.97 Å². The first-order valence-corrected chi connectivity index (χ1v) is 6.97. The summed E-state index contributed by atoms with van der Waals surface area (Å²) in [6.45, 7) is -0.0443. The summed E-state index contributed by atoms with van der Waals surface area (Å²) in [5.74, 6) is 1.06. The van der Waals surface area contributed by atoms with E-state index in [2.05, 4.69) is 16.0 Å². The van der Waals surface area contributed by atoms with Gasteiger partial charge in [0.1, 0.15) is 23.7 Å². The van der Waals surface area contributed by atoms with Gasteiger partial charge in [-0.25, -0.2) is 4.98 Å². The highest BCUT2D eigenvalue weighted by Gasteiger charge is 2.09. The zero-order valence-electron chi connectivity index (χ0n) is 12.2. The molecule has 23 heavy (non-hydrogen) atoms. The molecule has 0 amide bonds. The fraction of sp³-hybridized carbons (Fsp3) is 0.0556. The van der Waals surface area contributed by atoms with Crippen LogP contribution in [0.3, 0.4) is 0 Å². The molecule has 0 aliphatic carbocycles. The van der Waals surface area contributed by atoms with Crippen molar-refractivity contribution in [1.29, 1.82) is 10.5 Å². The van der Waals surface area contributed by atoms with Gasteiger partial charge in [0.2, 0.25) is 0 Å². The van der Waals surface area contributed by atoms with Crippen LogP contribution in [0.2, 0.25) is 0 Å². The number of nitrogens with one attached hydrogen (secondary N) is 1. The number of imidazole rings is 1. The van der Waals surface area contributed by atoms with Crippen LogP contribution in [0, 0.1) is 22.7 Å². The molecule has 0 bridgehead atoms. The Hall–Kier alpha value is -3.57. The molecule has 0 aliphatic rings. The lowest BCUT2D eigenvalue weighted by atomic mass is 10.1. The summed E-state index contributed by atoms with van der Waals surface area (Å²) < 4.78 is 5.38. The van der Waals surface area contributed by atoms with Gasteiger partial charge in [0.25, 0.3) is 0 Å². The van der Waals surface area contributed by atoms with E-state index >= 15 is 0 Å². The van der Waals surface area contributed by atoms with Crippen molar-refractivity contribution in [2.24, 2.45) is 0 Å². The normalized spacial score (nSPS) is 11.0. The van der Waals surface area contributed by atoms with Crippen molar-refractivity contribution in [3.05, 3.63) is 59.9 Å². The molecule has 0 aliphatic heterocycles. The number of H-pyrrole nitrogens is 1. The average Bonchev–Trinajstić information content (AvgIpc) is 3.02. The number of fused-ring (bicyclic) bond motifs is 1. The van der Waals surface area contributed by atoms with Gasteiger partial charge in [-0.1, -0.05) is 30.3 Å². The molecule has 0 unspecified atom stereocenters. The van der Waals surface area contributed by atoms with Gasteiger partial charge in [-0.2, -0.15) is 10.5 Å². The van der Waals surface area contributed by atoms with Crippen molar-refractivity contribution in [2.75, 3.05) is 6.61 Å². The molecule has 3 aromatic rings. The molecule has 110 valence electrons. The highest BCUT2D eigenvalue weighted by atomic mass is 16.5. The molecule has 0 spiro atoms.